The van der Waals surface area contributed by atoms with E-state index >= 15 is 0 Å². The second-order valence-corrected chi connectivity index (χ2v) is 4.68. The molecule has 94 valence electrons. The van der Waals surface area contributed by atoms with Gasteiger partial charge in [0.1, 0.15) is 0 Å². The molecule has 4 heteroatoms. The number of aliphatic hydroxyl groups is 1. The largest absolute Gasteiger partial charge is 0.493 e. The number of benzene rings is 1. The van der Waals surface area contributed by atoms with Crippen LogP contribution in [-0.4, -0.2) is 24.9 Å². The second-order valence-electron chi connectivity index (χ2n) is 4.24. The molecule has 0 amide bonds. The van der Waals surface area contributed by atoms with Gasteiger partial charge < -0.3 is 14.6 Å². The number of hydrogen-bond donors (Lipinski definition) is 1. The predicted molar refractivity (Wildman–Crippen MR) is 67.1 cm³/mol. The lowest BCUT2D eigenvalue weighted by Gasteiger charge is -2.15. The molecule has 1 aromatic rings. The summed E-state index contributed by atoms with van der Waals surface area (Å²) < 4.78 is 11.2. The number of rotatable bonds is 6. The van der Waals surface area contributed by atoms with E-state index in [-0.39, 0.29) is 6.61 Å². The van der Waals surface area contributed by atoms with E-state index in [9.17, 15) is 0 Å². The lowest BCUT2D eigenvalue weighted by atomic mass is 10.1. The average molecular weight is 257 g/mol. The molecule has 0 radical (unpaired) electrons. The van der Waals surface area contributed by atoms with Crippen molar-refractivity contribution in [3.05, 3.63) is 22.7 Å². The van der Waals surface area contributed by atoms with Gasteiger partial charge >= 0.3 is 0 Å². The van der Waals surface area contributed by atoms with Crippen molar-refractivity contribution < 1.29 is 14.6 Å². The van der Waals surface area contributed by atoms with Gasteiger partial charge in [0.25, 0.3) is 0 Å². The molecule has 0 bridgehead atoms. The Labute approximate surface area is 106 Å². The van der Waals surface area contributed by atoms with E-state index in [0.717, 1.165) is 30.6 Å². The lowest BCUT2D eigenvalue weighted by Crippen LogP contribution is -2.03. The first-order chi connectivity index (χ1) is 8.24. The molecule has 1 aliphatic carbocycles. The van der Waals surface area contributed by atoms with Gasteiger partial charge in [-0.1, -0.05) is 11.6 Å². The van der Waals surface area contributed by atoms with Crippen molar-refractivity contribution in [1.29, 1.82) is 0 Å². The molecule has 0 unspecified atom stereocenters. The smallest absolute Gasteiger partial charge is 0.164 e. The van der Waals surface area contributed by atoms with Gasteiger partial charge in [-0.15, -0.1) is 0 Å². The standard InChI is InChI=1S/C13H17ClO3/c1-16-12-8-10(14)7-9(3-2-6-15)13(12)17-11-4-5-11/h7-8,11,15H,2-6H2,1H3. The van der Waals surface area contributed by atoms with Crippen molar-refractivity contribution in [3.8, 4) is 11.5 Å². The first-order valence-corrected chi connectivity index (χ1v) is 6.26. The van der Waals surface area contributed by atoms with Crippen molar-refractivity contribution in [3.63, 3.8) is 0 Å². The zero-order chi connectivity index (χ0) is 12.3. The number of halogens is 1. The Kier molecular flexibility index (Phi) is 4.13. The summed E-state index contributed by atoms with van der Waals surface area (Å²) in [7, 11) is 1.61. The Hall–Kier alpha value is -0.930. The zero-order valence-corrected chi connectivity index (χ0v) is 10.7. The van der Waals surface area contributed by atoms with Gasteiger partial charge in [-0.05, 0) is 37.3 Å². The van der Waals surface area contributed by atoms with Crippen molar-refractivity contribution in [2.24, 2.45) is 0 Å². The Balaban J connectivity index is 2.26. The molecule has 1 aliphatic rings. The number of ether oxygens (including phenoxy) is 2. The number of aryl methyl sites for hydroxylation is 1. The highest BCUT2D eigenvalue weighted by atomic mass is 35.5. The van der Waals surface area contributed by atoms with Crippen LogP contribution >= 0.6 is 11.6 Å². The number of hydrogen-bond acceptors (Lipinski definition) is 3. The Bertz CT molecular complexity index is 388. The predicted octanol–water partition coefficient (Wildman–Crippen LogP) is 2.81. The fourth-order valence-corrected chi connectivity index (χ4v) is 1.95. The highest BCUT2D eigenvalue weighted by Crippen LogP contribution is 2.39. The average Bonchev–Trinajstić information content (AvgIpc) is 3.12. The Morgan fingerprint density at radius 3 is 2.76 bits per heavy atom. The van der Waals surface area contributed by atoms with E-state index < -0.39 is 0 Å². The minimum Gasteiger partial charge on any atom is -0.493 e. The van der Waals surface area contributed by atoms with Gasteiger partial charge in [0.15, 0.2) is 11.5 Å². The van der Waals surface area contributed by atoms with Gasteiger partial charge in [-0.3, -0.25) is 0 Å². The quantitative estimate of drug-likeness (QED) is 0.851. The van der Waals surface area contributed by atoms with E-state index in [0.29, 0.717) is 23.3 Å². The van der Waals surface area contributed by atoms with Gasteiger partial charge in [0.2, 0.25) is 0 Å². The Morgan fingerprint density at radius 2 is 2.18 bits per heavy atom. The summed E-state index contributed by atoms with van der Waals surface area (Å²) in [5, 5.41) is 9.54. The normalized spacial score (nSPS) is 14.8. The first kappa shape index (κ1) is 12.5. The highest BCUT2D eigenvalue weighted by Gasteiger charge is 2.26. The third-order valence-corrected chi connectivity index (χ3v) is 2.95. The lowest BCUT2D eigenvalue weighted by molar-refractivity contribution is 0.272. The van der Waals surface area contributed by atoms with Crippen molar-refractivity contribution in [2.75, 3.05) is 13.7 Å². The monoisotopic (exact) mass is 256 g/mol. The van der Waals surface area contributed by atoms with E-state index in [1.807, 2.05) is 6.07 Å². The van der Waals surface area contributed by atoms with Crippen LogP contribution in [0.2, 0.25) is 5.02 Å². The first-order valence-electron chi connectivity index (χ1n) is 5.88. The van der Waals surface area contributed by atoms with Crippen LogP contribution in [0.4, 0.5) is 0 Å². The van der Waals surface area contributed by atoms with E-state index in [1.54, 1.807) is 13.2 Å². The maximum absolute atomic E-state index is 8.90. The van der Waals surface area contributed by atoms with Crippen molar-refractivity contribution in [2.45, 2.75) is 31.8 Å². The third kappa shape index (κ3) is 3.27. The molecule has 0 saturated heterocycles. The van der Waals surface area contributed by atoms with Crippen molar-refractivity contribution in [1.82, 2.24) is 0 Å². The SMILES string of the molecule is COc1cc(Cl)cc(CCCO)c1OC1CC1. The molecule has 3 nitrogen and oxygen atoms in total. The zero-order valence-electron chi connectivity index (χ0n) is 9.91. The van der Waals surface area contributed by atoms with Gasteiger partial charge in [0.05, 0.1) is 13.2 Å². The summed E-state index contributed by atoms with van der Waals surface area (Å²) in [5.74, 6) is 1.46. The molecule has 1 N–H and O–H groups in total. The molecule has 0 aromatic heterocycles. The molecular formula is C13H17ClO3. The summed E-state index contributed by atoms with van der Waals surface area (Å²) in [5.41, 5.74) is 1.01. The van der Waals surface area contributed by atoms with Crippen LogP contribution in [0.5, 0.6) is 11.5 Å². The van der Waals surface area contributed by atoms with E-state index in [2.05, 4.69) is 0 Å². The van der Waals surface area contributed by atoms with Gasteiger partial charge in [-0.2, -0.15) is 0 Å². The van der Waals surface area contributed by atoms with Gasteiger partial charge in [-0.25, -0.2) is 0 Å². The summed E-state index contributed by atoms with van der Waals surface area (Å²) in [4.78, 5) is 0. The van der Waals surface area contributed by atoms with Crippen LogP contribution in [0.25, 0.3) is 0 Å². The molecule has 0 aliphatic heterocycles. The molecule has 17 heavy (non-hydrogen) atoms. The molecule has 1 fully saturated rings. The second kappa shape index (κ2) is 5.61. The summed E-state index contributed by atoms with van der Waals surface area (Å²) in [6, 6.07) is 3.65. The van der Waals surface area contributed by atoms with Crippen LogP contribution in [0.15, 0.2) is 12.1 Å². The molecule has 1 saturated carbocycles. The number of aliphatic hydroxyl groups excluding tert-OH is 1. The molecule has 1 aromatic carbocycles. The summed E-state index contributed by atoms with van der Waals surface area (Å²) >= 11 is 6.03. The summed E-state index contributed by atoms with van der Waals surface area (Å²) in [6.07, 6.45) is 3.97. The maximum atomic E-state index is 8.90. The van der Waals surface area contributed by atoms with Crippen molar-refractivity contribution >= 4 is 11.6 Å². The number of methoxy groups -OCH3 is 1. The van der Waals surface area contributed by atoms with Crippen LogP contribution < -0.4 is 9.47 Å². The topological polar surface area (TPSA) is 38.7 Å². The molecule has 0 spiro atoms. The maximum Gasteiger partial charge on any atom is 0.164 e. The molecule has 2 rings (SSSR count). The minimum atomic E-state index is 0.164. The van der Waals surface area contributed by atoms with Crippen LogP contribution in [0.3, 0.4) is 0 Å². The van der Waals surface area contributed by atoms with Gasteiger partial charge in [0, 0.05) is 17.7 Å². The van der Waals surface area contributed by atoms with Crippen LogP contribution in [0, 0.1) is 0 Å². The fraction of sp³-hybridized carbons (Fsp3) is 0.538. The molecular weight excluding hydrogens is 240 g/mol. The minimum absolute atomic E-state index is 0.164. The molecule has 0 heterocycles. The van der Waals surface area contributed by atoms with Crippen LogP contribution in [0.1, 0.15) is 24.8 Å². The van der Waals surface area contributed by atoms with Crippen LogP contribution in [-0.2, 0) is 6.42 Å². The summed E-state index contributed by atoms with van der Waals surface area (Å²) in [6.45, 7) is 0.164. The molecule has 0 atom stereocenters. The highest BCUT2D eigenvalue weighted by molar-refractivity contribution is 6.30. The van der Waals surface area contributed by atoms with E-state index in [4.69, 9.17) is 26.2 Å². The fourth-order valence-electron chi connectivity index (χ4n) is 1.72. The Morgan fingerprint density at radius 1 is 1.41 bits per heavy atom. The third-order valence-electron chi connectivity index (χ3n) is 2.73. The van der Waals surface area contributed by atoms with E-state index in [1.165, 1.54) is 0 Å².